The summed E-state index contributed by atoms with van der Waals surface area (Å²) >= 11 is 1.61. The van der Waals surface area contributed by atoms with Gasteiger partial charge in [0.15, 0.2) is 0 Å². The Morgan fingerprint density at radius 2 is 2.33 bits per heavy atom. The Morgan fingerprint density at radius 1 is 1.61 bits per heavy atom. The van der Waals surface area contributed by atoms with Crippen LogP contribution in [0.25, 0.3) is 0 Å². The van der Waals surface area contributed by atoms with Gasteiger partial charge in [-0.3, -0.25) is 9.69 Å². The van der Waals surface area contributed by atoms with Crippen molar-refractivity contribution in [3.05, 3.63) is 16.1 Å². The van der Waals surface area contributed by atoms with Gasteiger partial charge in [-0.2, -0.15) is 0 Å². The second-order valence-electron chi connectivity index (χ2n) is 4.54. The summed E-state index contributed by atoms with van der Waals surface area (Å²) in [5, 5.41) is 9.27. The van der Waals surface area contributed by atoms with Crippen LogP contribution in [0.1, 0.15) is 17.6 Å². The van der Waals surface area contributed by atoms with E-state index in [2.05, 4.69) is 20.5 Å². The lowest BCUT2D eigenvalue weighted by atomic mass is 10.2. The summed E-state index contributed by atoms with van der Waals surface area (Å²) < 4.78 is 0. The Balaban J connectivity index is 1.79. The number of thiazole rings is 1. The van der Waals surface area contributed by atoms with Crippen molar-refractivity contribution in [3.8, 4) is 0 Å². The zero-order valence-corrected chi connectivity index (χ0v) is 11.7. The Morgan fingerprint density at radius 3 is 2.94 bits per heavy atom. The van der Waals surface area contributed by atoms with E-state index in [1.807, 2.05) is 19.2 Å². The number of hydrogen-bond donors (Lipinski definition) is 2. The molecule has 0 bridgehead atoms. The second kappa shape index (κ2) is 6.26. The smallest absolute Gasteiger partial charge is 0.237 e. The minimum absolute atomic E-state index is 0.0631. The van der Waals surface area contributed by atoms with Crippen LogP contribution in [0, 0.1) is 6.92 Å². The predicted molar refractivity (Wildman–Crippen MR) is 72.6 cm³/mol. The largest absolute Gasteiger partial charge is 0.349 e. The molecular formula is C12H20N4OS. The van der Waals surface area contributed by atoms with Crippen molar-refractivity contribution >= 4 is 17.2 Å². The maximum atomic E-state index is 12.0. The minimum Gasteiger partial charge on any atom is -0.349 e. The van der Waals surface area contributed by atoms with Crippen LogP contribution in [-0.2, 0) is 11.3 Å². The van der Waals surface area contributed by atoms with E-state index in [1.165, 1.54) is 0 Å². The van der Waals surface area contributed by atoms with Crippen molar-refractivity contribution in [1.82, 2.24) is 20.5 Å². The fourth-order valence-corrected chi connectivity index (χ4v) is 2.66. The van der Waals surface area contributed by atoms with Crippen LogP contribution in [0.15, 0.2) is 5.38 Å². The molecule has 1 unspecified atom stereocenters. The molecule has 1 aliphatic heterocycles. The minimum atomic E-state index is -0.0631. The summed E-state index contributed by atoms with van der Waals surface area (Å²) in [6.45, 7) is 8.26. The molecule has 1 aromatic heterocycles. The quantitative estimate of drug-likeness (QED) is 0.828. The first-order chi connectivity index (χ1) is 8.66. The predicted octanol–water partition coefficient (Wildman–Crippen LogP) is 0.361. The van der Waals surface area contributed by atoms with Crippen molar-refractivity contribution in [1.29, 1.82) is 0 Å². The number of nitrogens with zero attached hydrogens (tertiary/aromatic N) is 2. The van der Waals surface area contributed by atoms with Gasteiger partial charge < -0.3 is 10.6 Å². The number of aromatic nitrogens is 1. The molecule has 0 aromatic carbocycles. The first-order valence-electron chi connectivity index (χ1n) is 6.30. The first-order valence-corrected chi connectivity index (χ1v) is 7.18. The summed E-state index contributed by atoms with van der Waals surface area (Å²) in [6, 6.07) is -0.0631. The fraction of sp³-hybridized carbons (Fsp3) is 0.667. The molecule has 0 aliphatic carbocycles. The van der Waals surface area contributed by atoms with E-state index < -0.39 is 0 Å². The summed E-state index contributed by atoms with van der Waals surface area (Å²) in [6.07, 6.45) is 0. The lowest BCUT2D eigenvalue weighted by Crippen LogP contribution is -2.52. The van der Waals surface area contributed by atoms with Gasteiger partial charge in [-0.25, -0.2) is 4.98 Å². The van der Waals surface area contributed by atoms with E-state index in [4.69, 9.17) is 0 Å². The highest BCUT2D eigenvalue weighted by atomic mass is 32.1. The number of piperazine rings is 1. The maximum absolute atomic E-state index is 12.0. The zero-order valence-electron chi connectivity index (χ0n) is 10.9. The highest BCUT2D eigenvalue weighted by Gasteiger charge is 2.22. The van der Waals surface area contributed by atoms with E-state index in [0.717, 1.165) is 36.9 Å². The number of hydrogen-bond acceptors (Lipinski definition) is 5. The average molecular weight is 268 g/mol. The van der Waals surface area contributed by atoms with E-state index >= 15 is 0 Å². The van der Waals surface area contributed by atoms with E-state index in [-0.39, 0.29) is 11.9 Å². The first kappa shape index (κ1) is 13.5. The molecule has 1 aliphatic rings. The summed E-state index contributed by atoms with van der Waals surface area (Å²) in [5.41, 5.74) is 0.943. The van der Waals surface area contributed by atoms with Gasteiger partial charge in [-0.1, -0.05) is 0 Å². The van der Waals surface area contributed by atoms with Crippen LogP contribution in [-0.4, -0.2) is 48.0 Å². The molecule has 2 N–H and O–H groups in total. The lowest BCUT2D eigenvalue weighted by molar-refractivity contribution is -0.126. The molecule has 100 valence electrons. The Labute approximate surface area is 112 Å². The number of carbonyl (C=O) groups excluding carboxylic acids is 1. The number of nitrogens with one attached hydrogen (secondary N) is 2. The summed E-state index contributed by atoms with van der Waals surface area (Å²) in [7, 11) is 0. The number of rotatable bonds is 4. The van der Waals surface area contributed by atoms with Gasteiger partial charge in [0.25, 0.3) is 0 Å². The third kappa shape index (κ3) is 3.51. The van der Waals surface area contributed by atoms with Gasteiger partial charge >= 0.3 is 0 Å². The van der Waals surface area contributed by atoms with Crippen LogP contribution in [0.4, 0.5) is 0 Å². The van der Waals surface area contributed by atoms with Crippen molar-refractivity contribution in [2.45, 2.75) is 26.4 Å². The van der Waals surface area contributed by atoms with Gasteiger partial charge in [-0.15, -0.1) is 11.3 Å². The molecular weight excluding hydrogens is 248 g/mol. The van der Waals surface area contributed by atoms with Crippen LogP contribution in [0.5, 0.6) is 0 Å². The van der Waals surface area contributed by atoms with Crippen molar-refractivity contribution < 1.29 is 4.79 Å². The standard InChI is InChI=1S/C12H20N4OS/c1-9(16-5-3-13-4-6-16)12(17)14-7-11-8-18-10(2)15-11/h8-9,13H,3-7H2,1-2H3,(H,14,17). The monoisotopic (exact) mass is 268 g/mol. The van der Waals surface area contributed by atoms with Gasteiger partial charge in [0.2, 0.25) is 5.91 Å². The number of aryl methyl sites for hydroxylation is 1. The van der Waals surface area contributed by atoms with Gasteiger partial charge in [0.1, 0.15) is 0 Å². The van der Waals surface area contributed by atoms with Crippen LogP contribution in [0.2, 0.25) is 0 Å². The summed E-state index contributed by atoms with van der Waals surface area (Å²) in [4.78, 5) is 18.6. The molecule has 1 amide bonds. The number of carbonyl (C=O) groups is 1. The molecule has 2 rings (SSSR count). The Kier molecular flexibility index (Phi) is 4.68. The highest BCUT2D eigenvalue weighted by Crippen LogP contribution is 2.08. The molecule has 0 spiro atoms. The molecule has 1 aromatic rings. The Hall–Kier alpha value is -0.980. The van der Waals surface area contributed by atoms with E-state index in [9.17, 15) is 4.79 Å². The average Bonchev–Trinajstić information content (AvgIpc) is 2.82. The molecule has 18 heavy (non-hydrogen) atoms. The van der Waals surface area contributed by atoms with Crippen molar-refractivity contribution in [3.63, 3.8) is 0 Å². The second-order valence-corrected chi connectivity index (χ2v) is 5.60. The molecule has 0 radical (unpaired) electrons. The molecule has 1 saturated heterocycles. The van der Waals surface area contributed by atoms with E-state index in [0.29, 0.717) is 6.54 Å². The van der Waals surface area contributed by atoms with Crippen molar-refractivity contribution in [2.24, 2.45) is 0 Å². The maximum Gasteiger partial charge on any atom is 0.237 e. The fourth-order valence-electron chi connectivity index (χ4n) is 2.05. The van der Waals surface area contributed by atoms with Gasteiger partial charge in [0.05, 0.1) is 23.3 Å². The zero-order chi connectivity index (χ0) is 13.0. The Bertz CT molecular complexity index is 401. The van der Waals surface area contributed by atoms with Crippen LogP contribution in [0.3, 0.4) is 0 Å². The third-order valence-electron chi connectivity index (χ3n) is 3.19. The molecule has 1 fully saturated rings. The van der Waals surface area contributed by atoms with Gasteiger partial charge in [-0.05, 0) is 13.8 Å². The molecule has 6 heteroatoms. The van der Waals surface area contributed by atoms with Crippen LogP contribution < -0.4 is 10.6 Å². The van der Waals surface area contributed by atoms with Gasteiger partial charge in [0, 0.05) is 31.6 Å². The van der Waals surface area contributed by atoms with Crippen LogP contribution >= 0.6 is 11.3 Å². The molecule has 0 saturated carbocycles. The van der Waals surface area contributed by atoms with E-state index in [1.54, 1.807) is 11.3 Å². The molecule has 2 heterocycles. The SMILES string of the molecule is Cc1nc(CNC(=O)C(C)N2CCNCC2)cs1. The topological polar surface area (TPSA) is 57.3 Å². The van der Waals surface area contributed by atoms with Crippen molar-refractivity contribution in [2.75, 3.05) is 26.2 Å². The third-order valence-corrected chi connectivity index (χ3v) is 4.01. The summed E-state index contributed by atoms with van der Waals surface area (Å²) in [5.74, 6) is 0.0857. The molecule has 1 atom stereocenters. The number of amides is 1. The highest BCUT2D eigenvalue weighted by molar-refractivity contribution is 7.09. The lowest BCUT2D eigenvalue weighted by Gasteiger charge is -2.31. The molecule has 5 nitrogen and oxygen atoms in total. The normalized spacial score (nSPS) is 18.6.